The van der Waals surface area contributed by atoms with Crippen molar-refractivity contribution in [3.8, 4) is 21.9 Å². The third kappa shape index (κ3) is 9.55. The summed E-state index contributed by atoms with van der Waals surface area (Å²) in [7, 11) is 3.86. The normalized spacial score (nSPS) is 17.9. The van der Waals surface area contributed by atoms with Gasteiger partial charge in [0.25, 0.3) is 0 Å². The van der Waals surface area contributed by atoms with Gasteiger partial charge in [-0.2, -0.15) is 0 Å². The van der Waals surface area contributed by atoms with Gasteiger partial charge in [0.2, 0.25) is 0 Å². The lowest BCUT2D eigenvalue weighted by molar-refractivity contribution is 0.00578. The molecule has 4 aromatic carbocycles. The van der Waals surface area contributed by atoms with Crippen molar-refractivity contribution in [2.75, 3.05) is 76.3 Å². The van der Waals surface area contributed by atoms with E-state index in [9.17, 15) is 19.8 Å². The van der Waals surface area contributed by atoms with Crippen molar-refractivity contribution in [3.05, 3.63) is 88.0 Å². The Hall–Kier alpha value is -4.42. The molecule has 9 rings (SSSR count). The number of hydrogen-bond donors (Lipinski definition) is 2. The van der Waals surface area contributed by atoms with Gasteiger partial charge < -0.3 is 39.1 Å². The molecule has 12 nitrogen and oxygen atoms in total. The summed E-state index contributed by atoms with van der Waals surface area (Å²) in [4.78, 5) is 41.8. The summed E-state index contributed by atoms with van der Waals surface area (Å²) in [6, 6.07) is 18.3. The number of piperazine rings is 2. The minimum Gasteiger partial charge on any atom is -0.507 e. The number of fused-ring (bicyclic) bond motifs is 2. The van der Waals surface area contributed by atoms with Crippen molar-refractivity contribution < 1.29 is 29.1 Å². The molecule has 0 radical (unpaired) electrons. The Morgan fingerprint density at radius 3 is 1.65 bits per heavy atom. The van der Waals surface area contributed by atoms with Crippen LogP contribution < -0.4 is 15.3 Å². The molecule has 0 saturated carbocycles. The van der Waals surface area contributed by atoms with Crippen molar-refractivity contribution in [1.82, 2.24) is 19.8 Å². The number of hydrogen-bond acceptors (Lipinski definition) is 14. The van der Waals surface area contributed by atoms with E-state index in [2.05, 4.69) is 59.6 Å². The van der Waals surface area contributed by atoms with E-state index in [0.29, 0.717) is 23.7 Å². The molecule has 314 valence electrons. The van der Waals surface area contributed by atoms with E-state index in [4.69, 9.17) is 9.31 Å². The van der Waals surface area contributed by atoms with Gasteiger partial charge in [0, 0.05) is 58.6 Å². The topological polar surface area (TPSA) is 132 Å². The predicted molar refractivity (Wildman–Crippen MR) is 248 cm³/mol. The highest BCUT2D eigenvalue weighted by molar-refractivity contribution is 9.11. The number of aldehydes is 2. The van der Waals surface area contributed by atoms with E-state index in [1.165, 1.54) is 6.07 Å². The van der Waals surface area contributed by atoms with Crippen LogP contribution in [0.2, 0.25) is 0 Å². The largest absolute Gasteiger partial charge is 0.507 e. The van der Waals surface area contributed by atoms with Crippen LogP contribution in [0, 0.1) is 0 Å². The highest BCUT2D eigenvalue weighted by Gasteiger charge is 2.51. The fourth-order valence-corrected chi connectivity index (χ4v) is 9.36. The second-order valence-corrected chi connectivity index (χ2v) is 19.7. The number of benzene rings is 4. The van der Waals surface area contributed by atoms with Crippen molar-refractivity contribution in [3.63, 3.8) is 0 Å². The summed E-state index contributed by atoms with van der Waals surface area (Å²) in [5.74, 6) is 0.0104. The maximum absolute atomic E-state index is 11.2. The average molecular weight is 914 g/mol. The van der Waals surface area contributed by atoms with Gasteiger partial charge in [0.05, 0.1) is 37.2 Å². The minimum atomic E-state index is -0.442. The number of nitrogens with zero attached hydrogens (tertiary/aromatic N) is 6. The van der Waals surface area contributed by atoms with Crippen LogP contribution in [0.4, 0.5) is 10.3 Å². The van der Waals surface area contributed by atoms with Gasteiger partial charge in [-0.3, -0.25) is 9.59 Å². The Bertz CT molecular complexity index is 2460. The number of halogens is 1. The lowest BCUT2D eigenvalue weighted by Gasteiger charge is -2.32. The predicted octanol–water partition coefficient (Wildman–Crippen LogP) is 7.55. The number of phenols is 2. The summed E-state index contributed by atoms with van der Waals surface area (Å²) < 4.78 is 13.2. The number of anilines is 2. The van der Waals surface area contributed by atoms with Gasteiger partial charge in [-0.15, -0.1) is 0 Å². The zero-order valence-corrected chi connectivity index (χ0v) is 37.9. The molecule has 3 aliphatic heterocycles. The van der Waals surface area contributed by atoms with Crippen LogP contribution in [0.25, 0.3) is 32.0 Å². The van der Waals surface area contributed by atoms with E-state index in [0.717, 1.165) is 104 Å². The van der Waals surface area contributed by atoms with Crippen LogP contribution in [0.3, 0.4) is 0 Å². The Balaban J connectivity index is 0.000000143. The third-order valence-electron chi connectivity index (χ3n) is 11.7. The number of rotatable bonds is 6. The van der Waals surface area contributed by atoms with Crippen LogP contribution in [0.1, 0.15) is 48.4 Å². The lowest BCUT2D eigenvalue weighted by Crippen LogP contribution is -2.44. The molecule has 3 fully saturated rings. The van der Waals surface area contributed by atoms with Gasteiger partial charge in [0.15, 0.2) is 22.8 Å². The first kappa shape index (κ1) is 43.7. The minimum absolute atomic E-state index is 0.00844. The van der Waals surface area contributed by atoms with Crippen molar-refractivity contribution in [2.24, 2.45) is 0 Å². The number of aromatic hydroxyl groups is 2. The summed E-state index contributed by atoms with van der Waals surface area (Å²) >= 11 is 6.83. The highest BCUT2D eigenvalue weighted by Crippen LogP contribution is 2.38. The van der Waals surface area contributed by atoms with Crippen molar-refractivity contribution in [2.45, 2.75) is 38.9 Å². The van der Waals surface area contributed by atoms with Crippen molar-refractivity contribution >= 4 is 95.6 Å². The van der Waals surface area contributed by atoms with Crippen molar-refractivity contribution in [1.29, 1.82) is 0 Å². The van der Waals surface area contributed by atoms with E-state index in [-0.39, 0.29) is 11.5 Å². The van der Waals surface area contributed by atoms with E-state index in [1.807, 2.05) is 82.6 Å². The summed E-state index contributed by atoms with van der Waals surface area (Å²) in [6.45, 7) is 16.6. The summed E-state index contributed by atoms with van der Waals surface area (Å²) in [5.41, 5.74) is 1.83. The molecule has 2 N–H and O–H groups in total. The molecule has 2 aromatic heterocycles. The molecule has 16 heteroatoms. The SMILES string of the molecule is CC1(C)OB(c2ccc3c(C=O)c(O)ccc3c2)OC1(C)C.CN1CCN(c2ncc(-c3ccc4c(C=O)c(O)ccc4c3)s2)CC1.CN1CCN(c2ncc(Br)s2)CC1. The van der Waals surface area contributed by atoms with Gasteiger partial charge in [-0.05, 0) is 108 Å². The Kier molecular flexibility index (Phi) is 13.3. The molecule has 3 saturated heterocycles. The molecule has 60 heavy (non-hydrogen) atoms. The molecular formula is C44H50BBrN6O6S2. The molecule has 5 heterocycles. The standard InChI is InChI=1S/C19H19N3O2S.C17H19BO4.C8H12BrN3S/c1-21-6-8-22(9-7-21)19-20-11-18(25-19)14-2-4-15-13(10-14)3-5-17(24)16(15)12-23;1-16(2)17(3,4)22-18(21-16)12-6-7-13-11(9-12)5-8-15(20)14(13)10-19;1-11-2-4-12(5-3-11)8-10-6-7(9)13-8/h2-5,10-12,24H,6-9H2,1H3;5-10,20H,1-4H3;6H,2-5H2,1H3. The zero-order valence-electron chi connectivity index (χ0n) is 34.7. The maximum Gasteiger partial charge on any atom is 0.494 e. The van der Waals surface area contributed by atoms with E-state index < -0.39 is 18.3 Å². The molecule has 0 spiro atoms. The molecule has 0 amide bonds. The number of carbonyl (C=O) groups is 2. The Morgan fingerprint density at radius 2 is 1.15 bits per heavy atom. The smallest absolute Gasteiger partial charge is 0.494 e. The van der Waals surface area contributed by atoms with Crippen LogP contribution >= 0.6 is 38.6 Å². The summed E-state index contributed by atoms with van der Waals surface area (Å²) in [5, 5.41) is 25.0. The first-order valence-corrected chi connectivity index (χ1v) is 22.3. The molecule has 0 aliphatic carbocycles. The van der Waals surface area contributed by atoms with Crippen LogP contribution in [0.15, 0.2) is 76.8 Å². The third-order valence-corrected chi connectivity index (χ3v) is 14.3. The average Bonchev–Trinajstić information content (AvgIpc) is 3.96. The molecule has 3 aliphatic rings. The fourth-order valence-electron chi connectivity index (χ4n) is 7.16. The Morgan fingerprint density at radius 1 is 0.667 bits per heavy atom. The van der Waals surface area contributed by atoms with Gasteiger partial charge in [-0.1, -0.05) is 65.1 Å². The fraction of sp³-hybridized carbons (Fsp3) is 0.364. The molecule has 0 bridgehead atoms. The van der Waals surface area contributed by atoms with Crippen LogP contribution in [-0.2, 0) is 9.31 Å². The number of thiazole rings is 2. The zero-order chi connectivity index (χ0) is 42.8. The van der Waals surface area contributed by atoms with Gasteiger partial charge >= 0.3 is 7.12 Å². The molecule has 6 aromatic rings. The van der Waals surface area contributed by atoms with Gasteiger partial charge in [-0.25, -0.2) is 9.97 Å². The second kappa shape index (κ2) is 18.3. The maximum atomic E-state index is 11.2. The Labute approximate surface area is 367 Å². The highest BCUT2D eigenvalue weighted by atomic mass is 79.9. The lowest BCUT2D eigenvalue weighted by atomic mass is 9.78. The first-order chi connectivity index (χ1) is 28.7. The quantitative estimate of drug-likeness (QED) is 0.126. The second-order valence-electron chi connectivity index (χ2n) is 16.3. The number of carbonyl (C=O) groups excluding carboxylic acids is 2. The summed E-state index contributed by atoms with van der Waals surface area (Å²) in [6.07, 6.45) is 5.17. The molecule has 0 atom stereocenters. The number of phenolic OH excluding ortho intramolecular Hbond substituents is 2. The molecule has 0 unspecified atom stereocenters. The van der Waals surface area contributed by atoms with Crippen LogP contribution in [-0.4, -0.2) is 127 Å². The monoisotopic (exact) mass is 912 g/mol. The van der Waals surface area contributed by atoms with Gasteiger partial charge in [0.1, 0.15) is 11.5 Å². The van der Waals surface area contributed by atoms with E-state index in [1.54, 1.807) is 34.8 Å². The number of aromatic nitrogens is 2. The first-order valence-electron chi connectivity index (χ1n) is 19.9. The van der Waals surface area contributed by atoms with E-state index >= 15 is 0 Å². The van der Waals surface area contributed by atoms with Crippen LogP contribution in [0.5, 0.6) is 11.5 Å². The number of likely N-dealkylation sites (N-methyl/N-ethyl adjacent to an activating group) is 2. The molecular weight excluding hydrogens is 863 g/mol.